The van der Waals surface area contributed by atoms with Gasteiger partial charge in [-0.15, -0.1) is 0 Å². The summed E-state index contributed by atoms with van der Waals surface area (Å²) in [4.78, 5) is 25.3. The molecular formula is C34H24F3N3O3. The summed E-state index contributed by atoms with van der Waals surface area (Å²) in [7, 11) is 0. The maximum atomic E-state index is 14.0. The van der Waals surface area contributed by atoms with Gasteiger partial charge in [0.1, 0.15) is 0 Å². The van der Waals surface area contributed by atoms with Gasteiger partial charge in [-0.2, -0.15) is 18.4 Å². The summed E-state index contributed by atoms with van der Waals surface area (Å²) in [5, 5.41) is 22.6. The molecule has 1 amide bonds. The van der Waals surface area contributed by atoms with E-state index in [1.807, 2.05) is 22.8 Å². The third kappa shape index (κ3) is 5.47. The van der Waals surface area contributed by atoms with Crippen LogP contribution >= 0.6 is 0 Å². The number of hydrogen-bond acceptors (Lipinski definition) is 3. The van der Waals surface area contributed by atoms with E-state index < -0.39 is 23.2 Å². The first kappa shape index (κ1) is 27.8. The lowest BCUT2D eigenvalue weighted by Gasteiger charge is -2.20. The highest BCUT2D eigenvalue weighted by molar-refractivity contribution is 6.08. The largest absolute Gasteiger partial charge is 0.478 e. The van der Waals surface area contributed by atoms with Crippen LogP contribution < -0.4 is 5.32 Å². The highest BCUT2D eigenvalue weighted by Crippen LogP contribution is 2.46. The molecule has 5 aromatic rings. The van der Waals surface area contributed by atoms with Crippen LogP contribution in [0, 0.1) is 11.3 Å². The first-order valence-corrected chi connectivity index (χ1v) is 13.5. The molecule has 2 N–H and O–H groups in total. The Morgan fingerprint density at radius 1 is 0.930 bits per heavy atom. The fourth-order valence-corrected chi connectivity index (χ4v) is 5.41. The van der Waals surface area contributed by atoms with Gasteiger partial charge < -0.3 is 15.0 Å². The third-order valence-corrected chi connectivity index (χ3v) is 7.85. The van der Waals surface area contributed by atoms with Gasteiger partial charge in [-0.1, -0.05) is 36.4 Å². The number of benzene rings is 4. The number of carbonyl (C=O) groups is 2. The van der Waals surface area contributed by atoms with Gasteiger partial charge in [0.25, 0.3) is 5.91 Å². The van der Waals surface area contributed by atoms with E-state index in [0.717, 1.165) is 34.2 Å². The number of carboxylic acids is 1. The lowest BCUT2D eigenvalue weighted by molar-refractivity contribution is -0.137. The zero-order valence-electron chi connectivity index (χ0n) is 22.7. The van der Waals surface area contributed by atoms with Gasteiger partial charge in [0.2, 0.25) is 0 Å². The number of aromatic nitrogens is 1. The number of rotatable bonds is 7. The van der Waals surface area contributed by atoms with Crippen molar-refractivity contribution in [3.63, 3.8) is 0 Å². The number of halogens is 3. The summed E-state index contributed by atoms with van der Waals surface area (Å²) < 4.78 is 41.1. The number of hydrogen-bond donors (Lipinski definition) is 2. The van der Waals surface area contributed by atoms with Crippen molar-refractivity contribution < 1.29 is 27.9 Å². The SMILES string of the molecule is N#Cc1cccc(-c2cc(C(=O)NC3(c4ccc(C(=O)O)cc4)CC3)c3c(ccn3Cc3ccc(C(F)(F)F)cc3)c2)c1. The topological polar surface area (TPSA) is 95.1 Å². The van der Waals surface area contributed by atoms with Gasteiger partial charge in [-0.05, 0) is 89.7 Å². The molecule has 1 aliphatic rings. The Morgan fingerprint density at radius 3 is 2.28 bits per heavy atom. The fraction of sp³-hybridized carbons (Fsp3) is 0.147. The highest BCUT2D eigenvalue weighted by Gasteiger charge is 2.46. The molecule has 1 aliphatic carbocycles. The van der Waals surface area contributed by atoms with Crippen LogP contribution in [0.2, 0.25) is 0 Å². The van der Waals surface area contributed by atoms with Crippen LogP contribution in [0.3, 0.4) is 0 Å². The van der Waals surface area contributed by atoms with Crippen LogP contribution in [0.4, 0.5) is 13.2 Å². The maximum Gasteiger partial charge on any atom is 0.416 e. The van der Waals surface area contributed by atoms with Crippen molar-refractivity contribution >= 4 is 22.8 Å². The van der Waals surface area contributed by atoms with E-state index in [2.05, 4.69) is 11.4 Å². The predicted octanol–water partition coefficient (Wildman–Crippen LogP) is 7.36. The van der Waals surface area contributed by atoms with Gasteiger partial charge in [-0.25, -0.2) is 4.79 Å². The number of alkyl halides is 3. The minimum atomic E-state index is -4.43. The second-order valence-corrected chi connectivity index (χ2v) is 10.7. The van der Waals surface area contributed by atoms with Crippen LogP contribution in [0.5, 0.6) is 0 Å². The molecular weight excluding hydrogens is 555 g/mol. The normalized spacial score (nSPS) is 13.8. The average Bonchev–Trinajstić information content (AvgIpc) is 3.68. The highest BCUT2D eigenvalue weighted by atomic mass is 19.4. The lowest BCUT2D eigenvalue weighted by atomic mass is 9.97. The summed E-state index contributed by atoms with van der Waals surface area (Å²) >= 11 is 0. The quantitative estimate of drug-likeness (QED) is 0.211. The minimum absolute atomic E-state index is 0.154. The van der Waals surface area contributed by atoms with E-state index in [1.54, 1.807) is 42.6 Å². The molecule has 0 unspecified atom stereocenters. The zero-order valence-corrected chi connectivity index (χ0v) is 22.7. The fourth-order valence-electron chi connectivity index (χ4n) is 5.41. The molecule has 0 atom stereocenters. The van der Waals surface area contributed by atoms with E-state index in [4.69, 9.17) is 0 Å². The zero-order chi connectivity index (χ0) is 30.4. The third-order valence-electron chi connectivity index (χ3n) is 7.85. The van der Waals surface area contributed by atoms with Crippen LogP contribution in [-0.4, -0.2) is 21.6 Å². The number of aromatic carboxylic acids is 1. The summed E-state index contributed by atoms with van der Waals surface area (Å²) in [5.41, 5.74) is 3.20. The lowest BCUT2D eigenvalue weighted by Crippen LogP contribution is -2.35. The molecule has 0 saturated heterocycles. The molecule has 6 rings (SSSR count). The first-order valence-electron chi connectivity index (χ1n) is 13.5. The molecule has 1 fully saturated rings. The van der Waals surface area contributed by atoms with Gasteiger partial charge in [0, 0.05) is 18.1 Å². The number of carboxylic acid groups (broad SMARTS) is 1. The van der Waals surface area contributed by atoms with Crippen LogP contribution in [0.1, 0.15) is 55.8 Å². The van der Waals surface area contributed by atoms with E-state index in [0.29, 0.717) is 35.0 Å². The van der Waals surface area contributed by atoms with Crippen LogP contribution in [0.25, 0.3) is 22.0 Å². The summed E-state index contributed by atoms with van der Waals surface area (Å²) in [6.45, 7) is 0.243. The number of carbonyl (C=O) groups excluding carboxylic acids is 1. The maximum absolute atomic E-state index is 14.0. The van der Waals surface area contributed by atoms with Crippen LogP contribution in [-0.2, 0) is 18.3 Å². The Kier molecular flexibility index (Phi) is 6.77. The Balaban J connectivity index is 1.40. The van der Waals surface area contributed by atoms with Crippen molar-refractivity contribution in [1.29, 1.82) is 5.26 Å². The average molecular weight is 580 g/mol. The predicted molar refractivity (Wildman–Crippen MR) is 154 cm³/mol. The number of nitrogens with one attached hydrogen (secondary N) is 1. The molecule has 0 spiro atoms. The molecule has 43 heavy (non-hydrogen) atoms. The van der Waals surface area contributed by atoms with Crippen molar-refractivity contribution in [2.24, 2.45) is 0 Å². The van der Waals surface area contributed by atoms with Crippen molar-refractivity contribution in [3.05, 3.63) is 131 Å². The van der Waals surface area contributed by atoms with Crippen molar-refractivity contribution in [2.75, 3.05) is 0 Å². The molecule has 4 aromatic carbocycles. The van der Waals surface area contributed by atoms with Gasteiger partial charge >= 0.3 is 12.1 Å². The van der Waals surface area contributed by atoms with Crippen molar-refractivity contribution in [3.8, 4) is 17.2 Å². The molecule has 9 heteroatoms. The molecule has 6 nitrogen and oxygen atoms in total. The summed E-state index contributed by atoms with van der Waals surface area (Å²) in [6, 6.07) is 26.1. The van der Waals surface area contributed by atoms with Gasteiger partial charge in [-0.3, -0.25) is 4.79 Å². The number of nitrogens with zero attached hydrogens (tertiary/aromatic N) is 2. The molecule has 0 aliphatic heterocycles. The minimum Gasteiger partial charge on any atom is -0.478 e. The second-order valence-electron chi connectivity index (χ2n) is 10.7. The van der Waals surface area contributed by atoms with E-state index >= 15 is 0 Å². The molecule has 214 valence electrons. The Bertz CT molecular complexity index is 1910. The van der Waals surface area contributed by atoms with Crippen molar-refractivity contribution in [1.82, 2.24) is 9.88 Å². The molecule has 1 aromatic heterocycles. The van der Waals surface area contributed by atoms with Gasteiger partial charge in [0.05, 0.1) is 39.4 Å². The summed E-state index contributed by atoms with van der Waals surface area (Å²) in [6.07, 6.45) is -1.27. The van der Waals surface area contributed by atoms with Crippen LogP contribution in [0.15, 0.2) is 97.2 Å². The summed E-state index contributed by atoms with van der Waals surface area (Å²) in [5.74, 6) is -1.37. The monoisotopic (exact) mass is 579 g/mol. The van der Waals surface area contributed by atoms with Gasteiger partial charge in [0.15, 0.2) is 0 Å². The first-order chi connectivity index (χ1) is 20.6. The molecule has 0 bridgehead atoms. The molecule has 1 saturated carbocycles. The standard InChI is InChI=1S/C34H24F3N3O3/c35-34(36,37)28-8-4-21(5-9-28)20-40-15-12-25-17-26(24-3-1-2-22(16-24)19-38)18-29(30(25)40)31(41)39-33(13-14-33)27-10-6-23(7-11-27)32(42)43/h1-12,15-18H,13-14,20H2,(H,39,41)(H,42,43). The Morgan fingerprint density at radius 2 is 1.65 bits per heavy atom. The molecule has 1 heterocycles. The van der Waals surface area contributed by atoms with Crippen molar-refractivity contribution in [2.45, 2.75) is 31.1 Å². The number of amides is 1. The Hall–Kier alpha value is -5.36. The van der Waals surface area contributed by atoms with E-state index in [9.17, 15) is 33.1 Å². The smallest absolute Gasteiger partial charge is 0.416 e. The number of fused-ring (bicyclic) bond motifs is 1. The Labute approximate surface area is 244 Å². The molecule has 0 radical (unpaired) electrons. The van der Waals surface area contributed by atoms with E-state index in [-0.39, 0.29) is 18.0 Å². The number of nitriles is 1. The van der Waals surface area contributed by atoms with E-state index in [1.165, 1.54) is 24.3 Å². The second kappa shape index (κ2) is 10.5.